The fourth-order valence-corrected chi connectivity index (χ4v) is 1.52. The molecule has 0 fully saturated rings. The fourth-order valence-electron chi connectivity index (χ4n) is 1.52. The summed E-state index contributed by atoms with van der Waals surface area (Å²) in [6.07, 6.45) is 1.66. The summed E-state index contributed by atoms with van der Waals surface area (Å²) < 4.78 is 0. The van der Waals surface area contributed by atoms with E-state index in [0.717, 1.165) is 5.56 Å². The average molecular weight is 188 g/mol. The van der Waals surface area contributed by atoms with Crippen LogP contribution in [0.15, 0.2) is 35.3 Å². The molecule has 0 bridgehead atoms. The third kappa shape index (κ3) is 1.82. The van der Waals surface area contributed by atoms with Crippen LogP contribution in [0.4, 0.5) is 0 Å². The minimum Gasteiger partial charge on any atom is -0.376 e. The lowest BCUT2D eigenvalue weighted by molar-refractivity contribution is 0.0924. The maximum absolute atomic E-state index is 11.9. The van der Waals surface area contributed by atoms with Crippen LogP contribution in [0.3, 0.4) is 0 Å². The topological polar surface area (TPSA) is 41.5 Å². The number of carbonyl (C=O) groups excluding carboxylic acids is 1. The van der Waals surface area contributed by atoms with Gasteiger partial charge in [0.15, 0.2) is 5.78 Å². The first-order valence-corrected chi connectivity index (χ1v) is 4.69. The largest absolute Gasteiger partial charge is 0.376 e. The maximum atomic E-state index is 11.9. The van der Waals surface area contributed by atoms with Crippen LogP contribution in [0.25, 0.3) is 0 Å². The van der Waals surface area contributed by atoms with Gasteiger partial charge in [0.05, 0.1) is 18.8 Å². The maximum Gasteiger partial charge on any atom is 0.169 e. The first-order chi connectivity index (χ1) is 6.88. The van der Waals surface area contributed by atoms with Crippen LogP contribution in [0.5, 0.6) is 0 Å². The van der Waals surface area contributed by atoms with Gasteiger partial charge in [-0.25, -0.2) is 0 Å². The van der Waals surface area contributed by atoms with Gasteiger partial charge in [0.25, 0.3) is 0 Å². The molecule has 0 spiro atoms. The zero-order valence-electron chi connectivity index (χ0n) is 7.81. The highest BCUT2D eigenvalue weighted by Gasteiger charge is 2.20. The van der Waals surface area contributed by atoms with Gasteiger partial charge in [-0.05, 0) is 0 Å². The van der Waals surface area contributed by atoms with Crippen LogP contribution >= 0.6 is 0 Å². The number of nitrogens with one attached hydrogen (secondary N) is 1. The molecule has 0 saturated carbocycles. The van der Waals surface area contributed by atoms with Gasteiger partial charge < -0.3 is 5.32 Å². The van der Waals surface area contributed by atoms with E-state index in [1.807, 2.05) is 30.3 Å². The van der Waals surface area contributed by atoms with Crippen molar-refractivity contribution in [3.63, 3.8) is 0 Å². The number of carbonyl (C=O) groups is 1. The van der Waals surface area contributed by atoms with E-state index < -0.39 is 0 Å². The molecular formula is C11H12N2O. The molecule has 72 valence electrons. The molecule has 1 aromatic carbocycles. The van der Waals surface area contributed by atoms with Crippen molar-refractivity contribution in [1.82, 2.24) is 5.32 Å². The van der Waals surface area contributed by atoms with Crippen molar-refractivity contribution in [1.29, 1.82) is 0 Å². The van der Waals surface area contributed by atoms with Crippen LogP contribution in [0.2, 0.25) is 0 Å². The van der Waals surface area contributed by atoms with Crippen LogP contribution in [0, 0.1) is 5.92 Å². The van der Waals surface area contributed by atoms with Crippen molar-refractivity contribution in [3.8, 4) is 0 Å². The van der Waals surface area contributed by atoms with Crippen molar-refractivity contribution in [2.24, 2.45) is 10.9 Å². The molecular weight excluding hydrogens is 176 g/mol. The van der Waals surface area contributed by atoms with E-state index in [0.29, 0.717) is 13.1 Å². The van der Waals surface area contributed by atoms with Gasteiger partial charge in [-0.2, -0.15) is 0 Å². The fraction of sp³-hybridized carbons (Fsp3) is 0.273. The molecule has 3 nitrogen and oxygen atoms in total. The van der Waals surface area contributed by atoms with Crippen LogP contribution in [0.1, 0.15) is 10.4 Å². The van der Waals surface area contributed by atoms with Crippen LogP contribution in [-0.4, -0.2) is 25.2 Å². The van der Waals surface area contributed by atoms with Crippen LogP contribution in [-0.2, 0) is 0 Å². The second-order valence-corrected chi connectivity index (χ2v) is 3.33. The highest BCUT2D eigenvalue weighted by molar-refractivity contribution is 5.98. The Morgan fingerprint density at radius 1 is 1.36 bits per heavy atom. The number of Topliss-reactive ketones (excluding diaryl/α,β-unsaturated/α-hetero) is 1. The Bertz CT molecular complexity index is 346. The second-order valence-electron chi connectivity index (χ2n) is 3.33. The zero-order chi connectivity index (χ0) is 9.80. The third-order valence-electron chi connectivity index (χ3n) is 2.30. The highest BCUT2D eigenvalue weighted by atomic mass is 16.1. The molecule has 0 aromatic heterocycles. The Labute approximate surface area is 82.9 Å². The van der Waals surface area contributed by atoms with Crippen molar-refractivity contribution < 1.29 is 4.79 Å². The van der Waals surface area contributed by atoms with E-state index >= 15 is 0 Å². The van der Waals surface area contributed by atoms with Crippen molar-refractivity contribution in [2.45, 2.75) is 0 Å². The summed E-state index contributed by atoms with van der Waals surface area (Å²) in [6, 6.07) is 9.37. The van der Waals surface area contributed by atoms with Crippen LogP contribution < -0.4 is 5.32 Å². The summed E-state index contributed by atoms with van der Waals surface area (Å²) in [7, 11) is 0. The van der Waals surface area contributed by atoms with Crippen molar-refractivity contribution in [3.05, 3.63) is 35.9 Å². The SMILES string of the molecule is O=C(c1ccccc1)C1CN=CNC1. The molecule has 0 amide bonds. The van der Waals surface area contributed by atoms with Gasteiger partial charge in [0.2, 0.25) is 0 Å². The number of benzene rings is 1. The molecule has 0 aliphatic carbocycles. The monoisotopic (exact) mass is 188 g/mol. The van der Waals surface area contributed by atoms with E-state index in [1.54, 1.807) is 6.34 Å². The lowest BCUT2D eigenvalue weighted by Crippen LogP contribution is -2.33. The molecule has 0 saturated heterocycles. The quantitative estimate of drug-likeness (QED) is 0.706. The lowest BCUT2D eigenvalue weighted by Gasteiger charge is -2.16. The number of hydrogen-bond donors (Lipinski definition) is 1. The third-order valence-corrected chi connectivity index (χ3v) is 2.30. The minimum atomic E-state index is -0.0117. The number of hydrogen-bond acceptors (Lipinski definition) is 3. The molecule has 0 radical (unpaired) electrons. The predicted octanol–water partition coefficient (Wildman–Crippen LogP) is 1.12. The summed E-state index contributed by atoms with van der Waals surface area (Å²) in [5, 5.41) is 2.97. The summed E-state index contributed by atoms with van der Waals surface area (Å²) in [4.78, 5) is 15.9. The van der Waals surface area contributed by atoms with Gasteiger partial charge in [0.1, 0.15) is 0 Å². The molecule has 1 aliphatic heterocycles. The minimum absolute atomic E-state index is 0.0117. The number of rotatable bonds is 2. The van der Waals surface area contributed by atoms with Crippen molar-refractivity contribution in [2.75, 3.05) is 13.1 Å². The summed E-state index contributed by atoms with van der Waals surface area (Å²) in [6.45, 7) is 1.29. The lowest BCUT2D eigenvalue weighted by atomic mass is 9.97. The molecule has 1 aliphatic rings. The summed E-state index contributed by atoms with van der Waals surface area (Å²) in [5.41, 5.74) is 0.774. The highest BCUT2D eigenvalue weighted by Crippen LogP contribution is 2.10. The first-order valence-electron chi connectivity index (χ1n) is 4.69. The first kappa shape index (κ1) is 8.94. The van der Waals surface area contributed by atoms with Gasteiger partial charge in [-0.1, -0.05) is 30.3 Å². The zero-order valence-corrected chi connectivity index (χ0v) is 7.81. The summed E-state index contributed by atoms with van der Waals surface area (Å²) in [5.74, 6) is 0.164. The predicted molar refractivity (Wildman–Crippen MR) is 55.6 cm³/mol. The van der Waals surface area contributed by atoms with Crippen molar-refractivity contribution >= 4 is 12.1 Å². The van der Waals surface area contributed by atoms with Gasteiger partial charge in [0, 0.05) is 12.1 Å². The van der Waals surface area contributed by atoms with E-state index in [2.05, 4.69) is 10.3 Å². The van der Waals surface area contributed by atoms with E-state index in [-0.39, 0.29) is 11.7 Å². The molecule has 1 unspecified atom stereocenters. The molecule has 2 rings (SSSR count). The standard InChI is InChI=1S/C11H12N2O/c14-11(9-4-2-1-3-5-9)10-6-12-8-13-7-10/h1-5,8,10H,6-7H2,(H,12,13). The Hall–Kier alpha value is -1.64. The number of nitrogens with zero attached hydrogens (tertiary/aromatic N) is 1. The Balaban J connectivity index is 2.12. The van der Waals surface area contributed by atoms with Gasteiger partial charge in [-0.15, -0.1) is 0 Å². The Morgan fingerprint density at radius 2 is 2.14 bits per heavy atom. The van der Waals surface area contributed by atoms with Gasteiger partial charge in [-0.3, -0.25) is 9.79 Å². The second kappa shape index (κ2) is 4.05. The van der Waals surface area contributed by atoms with E-state index in [9.17, 15) is 4.79 Å². The molecule has 14 heavy (non-hydrogen) atoms. The molecule has 1 aromatic rings. The number of ketones is 1. The van der Waals surface area contributed by atoms with E-state index in [1.165, 1.54) is 0 Å². The molecule has 1 atom stereocenters. The smallest absolute Gasteiger partial charge is 0.169 e. The normalized spacial score (nSPS) is 20.1. The average Bonchev–Trinajstić information content (AvgIpc) is 2.30. The molecule has 1 N–H and O–H groups in total. The molecule has 3 heteroatoms. The Kier molecular flexibility index (Phi) is 2.58. The summed E-state index contributed by atoms with van der Waals surface area (Å²) >= 11 is 0. The van der Waals surface area contributed by atoms with Gasteiger partial charge >= 0.3 is 0 Å². The molecule has 1 heterocycles. The number of aliphatic imine (C=N–C) groups is 1. The Morgan fingerprint density at radius 3 is 2.79 bits per heavy atom. The van der Waals surface area contributed by atoms with E-state index in [4.69, 9.17) is 0 Å².